The van der Waals surface area contributed by atoms with E-state index in [1.165, 1.54) is 0 Å². The van der Waals surface area contributed by atoms with Gasteiger partial charge in [0.05, 0.1) is 0 Å². The normalized spacial score (nSPS) is 9.67. The van der Waals surface area contributed by atoms with Crippen LogP contribution in [0.3, 0.4) is 0 Å². The molecule has 0 atom stereocenters. The van der Waals surface area contributed by atoms with E-state index in [4.69, 9.17) is 4.74 Å². The third-order valence-electron chi connectivity index (χ3n) is 1.80. The fourth-order valence-corrected chi connectivity index (χ4v) is 0.952. The van der Waals surface area contributed by atoms with Gasteiger partial charge in [-0.1, -0.05) is 19.4 Å². The quantitative estimate of drug-likeness (QED) is 0.453. The standard InChI is InChI=1S/C11H22N2O2/c1-3-5-9-15-10-6-8-13-11(14)12-7-4-2/h4H,2-3,5-10H2,1H3,(H2,12,13,14). The zero-order valence-corrected chi connectivity index (χ0v) is 9.55. The molecule has 0 aliphatic heterocycles. The van der Waals surface area contributed by atoms with E-state index >= 15 is 0 Å². The van der Waals surface area contributed by atoms with Crippen molar-refractivity contribution in [3.8, 4) is 0 Å². The monoisotopic (exact) mass is 214 g/mol. The molecule has 0 radical (unpaired) electrons. The van der Waals surface area contributed by atoms with Crippen molar-refractivity contribution in [3.63, 3.8) is 0 Å². The van der Waals surface area contributed by atoms with Gasteiger partial charge >= 0.3 is 6.03 Å². The lowest BCUT2D eigenvalue weighted by Gasteiger charge is -2.06. The molecule has 88 valence electrons. The van der Waals surface area contributed by atoms with Gasteiger partial charge in [0.2, 0.25) is 0 Å². The van der Waals surface area contributed by atoms with Crippen molar-refractivity contribution in [1.82, 2.24) is 10.6 Å². The maximum absolute atomic E-state index is 11.0. The molecule has 2 amide bonds. The Hall–Kier alpha value is -1.03. The molecule has 0 fully saturated rings. The van der Waals surface area contributed by atoms with Crippen LogP contribution < -0.4 is 10.6 Å². The summed E-state index contributed by atoms with van der Waals surface area (Å²) in [6.45, 7) is 8.32. The lowest BCUT2D eigenvalue weighted by Crippen LogP contribution is -2.36. The molecule has 15 heavy (non-hydrogen) atoms. The van der Waals surface area contributed by atoms with Crippen molar-refractivity contribution in [2.75, 3.05) is 26.3 Å². The maximum atomic E-state index is 11.0. The van der Waals surface area contributed by atoms with Gasteiger partial charge in [0.15, 0.2) is 0 Å². The van der Waals surface area contributed by atoms with Crippen LogP contribution in [0.4, 0.5) is 4.79 Å². The van der Waals surface area contributed by atoms with Crippen molar-refractivity contribution in [3.05, 3.63) is 12.7 Å². The van der Waals surface area contributed by atoms with E-state index in [-0.39, 0.29) is 6.03 Å². The predicted molar refractivity (Wildman–Crippen MR) is 61.9 cm³/mol. The summed E-state index contributed by atoms with van der Waals surface area (Å²) in [4.78, 5) is 11.0. The van der Waals surface area contributed by atoms with Crippen LogP contribution in [0.5, 0.6) is 0 Å². The van der Waals surface area contributed by atoms with Gasteiger partial charge in [-0.2, -0.15) is 0 Å². The van der Waals surface area contributed by atoms with Gasteiger partial charge in [-0.15, -0.1) is 6.58 Å². The van der Waals surface area contributed by atoms with Crippen molar-refractivity contribution < 1.29 is 9.53 Å². The van der Waals surface area contributed by atoms with E-state index in [1.807, 2.05) is 0 Å². The van der Waals surface area contributed by atoms with Gasteiger partial charge in [-0.05, 0) is 12.8 Å². The fraction of sp³-hybridized carbons (Fsp3) is 0.727. The number of hydrogen-bond acceptors (Lipinski definition) is 2. The van der Waals surface area contributed by atoms with Crippen LogP contribution in [-0.2, 0) is 4.74 Å². The Labute approximate surface area is 92.1 Å². The largest absolute Gasteiger partial charge is 0.381 e. The number of carbonyl (C=O) groups excluding carboxylic acids is 1. The predicted octanol–water partition coefficient (Wildman–Crippen LogP) is 1.68. The molecule has 0 bridgehead atoms. The number of amides is 2. The van der Waals surface area contributed by atoms with E-state index in [0.29, 0.717) is 19.7 Å². The Morgan fingerprint density at radius 1 is 1.33 bits per heavy atom. The molecular formula is C11H22N2O2. The minimum atomic E-state index is -0.150. The fourth-order valence-electron chi connectivity index (χ4n) is 0.952. The van der Waals surface area contributed by atoms with E-state index in [1.54, 1.807) is 6.08 Å². The van der Waals surface area contributed by atoms with Crippen LogP contribution in [0.1, 0.15) is 26.2 Å². The SMILES string of the molecule is C=CCNC(=O)NCCCOCCCC. The summed E-state index contributed by atoms with van der Waals surface area (Å²) in [5, 5.41) is 5.37. The topological polar surface area (TPSA) is 50.4 Å². The van der Waals surface area contributed by atoms with Gasteiger partial charge in [-0.3, -0.25) is 0 Å². The Balaban J connectivity index is 3.09. The first-order valence-electron chi connectivity index (χ1n) is 5.51. The van der Waals surface area contributed by atoms with Gasteiger partial charge in [-0.25, -0.2) is 4.79 Å². The van der Waals surface area contributed by atoms with Gasteiger partial charge in [0.1, 0.15) is 0 Å². The first kappa shape index (κ1) is 14.0. The highest BCUT2D eigenvalue weighted by molar-refractivity contribution is 5.73. The minimum Gasteiger partial charge on any atom is -0.381 e. The van der Waals surface area contributed by atoms with Crippen molar-refractivity contribution in [2.45, 2.75) is 26.2 Å². The zero-order chi connectivity index (χ0) is 11.4. The number of nitrogens with one attached hydrogen (secondary N) is 2. The van der Waals surface area contributed by atoms with Crippen LogP contribution in [0.15, 0.2) is 12.7 Å². The van der Waals surface area contributed by atoms with Crippen LogP contribution in [0.25, 0.3) is 0 Å². The summed E-state index contributed by atoms with van der Waals surface area (Å²) in [6.07, 6.45) is 4.76. The Morgan fingerprint density at radius 2 is 2.07 bits per heavy atom. The average Bonchev–Trinajstić information content (AvgIpc) is 2.25. The van der Waals surface area contributed by atoms with Crippen LogP contribution in [0.2, 0.25) is 0 Å². The molecule has 0 aliphatic rings. The van der Waals surface area contributed by atoms with Crippen LogP contribution in [-0.4, -0.2) is 32.3 Å². The molecule has 0 unspecified atom stereocenters. The molecule has 0 spiro atoms. The van der Waals surface area contributed by atoms with Crippen molar-refractivity contribution in [2.24, 2.45) is 0 Å². The van der Waals surface area contributed by atoms with Gasteiger partial charge < -0.3 is 15.4 Å². The summed E-state index contributed by atoms with van der Waals surface area (Å²) in [5.74, 6) is 0. The summed E-state index contributed by atoms with van der Waals surface area (Å²) in [5.41, 5.74) is 0. The number of unbranched alkanes of at least 4 members (excludes halogenated alkanes) is 1. The van der Waals surface area contributed by atoms with Crippen LogP contribution >= 0.6 is 0 Å². The molecule has 0 saturated carbocycles. The highest BCUT2D eigenvalue weighted by Crippen LogP contribution is 1.88. The molecule has 0 aromatic carbocycles. The Bertz CT molecular complexity index is 172. The van der Waals surface area contributed by atoms with Gasteiger partial charge in [0, 0.05) is 26.3 Å². The lowest BCUT2D eigenvalue weighted by molar-refractivity contribution is 0.129. The lowest BCUT2D eigenvalue weighted by atomic mass is 10.4. The smallest absolute Gasteiger partial charge is 0.315 e. The third-order valence-corrected chi connectivity index (χ3v) is 1.80. The van der Waals surface area contributed by atoms with Crippen molar-refractivity contribution >= 4 is 6.03 Å². The second-order valence-electron chi connectivity index (χ2n) is 3.24. The molecular weight excluding hydrogens is 192 g/mol. The van der Waals surface area contributed by atoms with Crippen molar-refractivity contribution in [1.29, 1.82) is 0 Å². The van der Waals surface area contributed by atoms with Crippen LogP contribution in [0, 0.1) is 0 Å². The second-order valence-corrected chi connectivity index (χ2v) is 3.24. The molecule has 0 rings (SSSR count). The molecule has 4 heteroatoms. The Morgan fingerprint density at radius 3 is 2.73 bits per heavy atom. The van der Waals surface area contributed by atoms with E-state index in [2.05, 4.69) is 24.1 Å². The third kappa shape index (κ3) is 10.9. The first-order valence-corrected chi connectivity index (χ1v) is 5.51. The molecule has 0 heterocycles. The number of rotatable bonds is 9. The first-order chi connectivity index (χ1) is 7.31. The summed E-state index contributed by atoms with van der Waals surface area (Å²) in [7, 11) is 0. The molecule has 0 saturated heterocycles. The van der Waals surface area contributed by atoms with E-state index in [9.17, 15) is 4.79 Å². The molecule has 0 aromatic heterocycles. The highest BCUT2D eigenvalue weighted by atomic mass is 16.5. The molecule has 2 N–H and O–H groups in total. The summed E-state index contributed by atoms with van der Waals surface area (Å²) in [6, 6.07) is -0.150. The van der Waals surface area contributed by atoms with E-state index < -0.39 is 0 Å². The maximum Gasteiger partial charge on any atom is 0.315 e. The number of hydrogen-bond donors (Lipinski definition) is 2. The minimum absolute atomic E-state index is 0.150. The number of urea groups is 1. The summed E-state index contributed by atoms with van der Waals surface area (Å²) < 4.78 is 5.35. The van der Waals surface area contributed by atoms with E-state index in [0.717, 1.165) is 25.9 Å². The molecule has 0 aromatic rings. The average molecular weight is 214 g/mol. The summed E-state index contributed by atoms with van der Waals surface area (Å²) >= 11 is 0. The van der Waals surface area contributed by atoms with Gasteiger partial charge in [0.25, 0.3) is 0 Å². The zero-order valence-electron chi connectivity index (χ0n) is 9.55. The molecule has 0 aliphatic carbocycles. The highest BCUT2D eigenvalue weighted by Gasteiger charge is 1.96. The number of ether oxygens (including phenoxy) is 1. The second kappa shape index (κ2) is 11.0. The Kier molecular flexibility index (Phi) is 10.3. The number of carbonyl (C=O) groups is 1. The molecule has 4 nitrogen and oxygen atoms in total.